The number of benzene rings is 1. The Hall–Kier alpha value is -0.830. The largest absolute Gasteiger partial charge is 0.334 e. The number of amides is 1. The molecule has 1 amide bonds. The molecular weight excluding hydrogens is 266 g/mol. The highest BCUT2D eigenvalue weighted by atomic mass is 79.9. The molecule has 1 rings (SSSR count). The van der Waals surface area contributed by atoms with Gasteiger partial charge in [0, 0.05) is 22.1 Å². The van der Waals surface area contributed by atoms with Crippen LogP contribution >= 0.6 is 15.9 Å². The van der Waals surface area contributed by atoms with Crippen LogP contribution in [-0.4, -0.2) is 22.9 Å². The topological polar surface area (TPSA) is 20.3 Å². The van der Waals surface area contributed by atoms with Gasteiger partial charge in [-0.2, -0.15) is 0 Å². The lowest BCUT2D eigenvalue weighted by Crippen LogP contribution is -2.42. The summed E-state index contributed by atoms with van der Waals surface area (Å²) in [7, 11) is 0. The van der Waals surface area contributed by atoms with E-state index >= 15 is 0 Å². The SMILES string of the molecule is CC(C)N(C(=O)c1cccc(Br)c1)C(C)C. The van der Waals surface area contributed by atoms with Crippen LogP contribution in [0.1, 0.15) is 38.1 Å². The molecule has 0 aliphatic rings. The zero-order valence-electron chi connectivity index (χ0n) is 10.2. The molecule has 16 heavy (non-hydrogen) atoms. The first-order valence-electron chi connectivity index (χ1n) is 5.51. The molecule has 0 atom stereocenters. The van der Waals surface area contributed by atoms with Crippen molar-refractivity contribution in [2.75, 3.05) is 0 Å². The monoisotopic (exact) mass is 283 g/mol. The van der Waals surface area contributed by atoms with Gasteiger partial charge >= 0.3 is 0 Å². The Bertz CT molecular complexity index is 366. The van der Waals surface area contributed by atoms with Crippen molar-refractivity contribution in [1.82, 2.24) is 4.90 Å². The van der Waals surface area contributed by atoms with Crippen LogP contribution in [0.2, 0.25) is 0 Å². The van der Waals surface area contributed by atoms with E-state index in [9.17, 15) is 4.79 Å². The van der Waals surface area contributed by atoms with Crippen LogP contribution in [-0.2, 0) is 0 Å². The van der Waals surface area contributed by atoms with Crippen LogP contribution < -0.4 is 0 Å². The molecule has 0 radical (unpaired) electrons. The van der Waals surface area contributed by atoms with Gasteiger partial charge in [-0.05, 0) is 45.9 Å². The van der Waals surface area contributed by atoms with Gasteiger partial charge in [-0.15, -0.1) is 0 Å². The Balaban J connectivity index is 2.99. The Morgan fingerprint density at radius 2 is 1.75 bits per heavy atom. The van der Waals surface area contributed by atoms with Crippen molar-refractivity contribution in [3.63, 3.8) is 0 Å². The lowest BCUT2D eigenvalue weighted by Gasteiger charge is -2.30. The maximum absolute atomic E-state index is 12.3. The molecule has 88 valence electrons. The summed E-state index contributed by atoms with van der Waals surface area (Å²) in [6, 6.07) is 7.95. The van der Waals surface area contributed by atoms with Crippen molar-refractivity contribution in [3.8, 4) is 0 Å². The molecule has 0 bridgehead atoms. The van der Waals surface area contributed by atoms with E-state index in [0.717, 1.165) is 10.0 Å². The summed E-state index contributed by atoms with van der Waals surface area (Å²) in [4.78, 5) is 14.2. The van der Waals surface area contributed by atoms with E-state index in [4.69, 9.17) is 0 Å². The lowest BCUT2D eigenvalue weighted by molar-refractivity contribution is 0.0643. The second-order valence-corrected chi connectivity index (χ2v) is 5.33. The second-order valence-electron chi connectivity index (χ2n) is 4.41. The molecule has 1 aromatic rings. The average Bonchev–Trinajstić information content (AvgIpc) is 2.16. The van der Waals surface area contributed by atoms with Crippen molar-refractivity contribution < 1.29 is 4.79 Å². The minimum Gasteiger partial charge on any atom is -0.334 e. The van der Waals surface area contributed by atoms with Crippen LogP contribution in [0.5, 0.6) is 0 Å². The number of hydrogen-bond acceptors (Lipinski definition) is 1. The molecule has 3 heteroatoms. The van der Waals surface area contributed by atoms with E-state index in [-0.39, 0.29) is 18.0 Å². The average molecular weight is 284 g/mol. The first-order chi connectivity index (χ1) is 7.43. The van der Waals surface area contributed by atoms with E-state index in [0.29, 0.717) is 0 Å². The highest BCUT2D eigenvalue weighted by Crippen LogP contribution is 2.16. The third-order valence-electron chi connectivity index (χ3n) is 2.42. The maximum atomic E-state index is 12.3. The minimum absolute atomic E-state index is 0.0892. The van der Waals surface area contributed by atoms with E-state index < -0.39 is 0 Å². The number of hydrogen-bond donors (Lipinski definition) is 0. The van der Waals surface area contributed by atoms with Gasteiger partial charge in [0.2, 0.25) is 0 Å². The number of carbonyl (C=O) groups is 1. The van der Waals surface area contributed by atoms with Gasteiger partial charge in [0.15, 0.2) is 0 Å². The number of rotatable bonds is 3. The summed E-state index contributed by atoms with van der Waals surface area (Å²) in [5.41, 5.74) is 0.733. The Labute approximate surface area is 106 Å². The van der Waals surface area contributed by atoms with E-state index in [1.807, 2.05) is 56.9 Å². The zero-order valence-corrected chi connectivity index (χ0v) is 11.8. The molecule has 0 saturated carbocycles. The fraction of sp³-hybridized carbons (Fsp3) is 0.462. The summed E-state index contributed by atoms with van der Waals surface area (Å²) in [6.07, 6.45) is 0. The van der Waals surface area contributed by atoms with Gasteiger partial charge in [0.1, 0.15) is 0 Å². The first kappa shape index (κ1) is 13.2. The van der Waals surface area contributed by atoms with Gasteiger partial charge in [0.25, 0.3) is 5.91 Å². The molecule has 1 aromatic carbocycles. The molecular formula is C13H18BrNO. The van der Waals surface area contributed by atoms with Gasteiger partial charge < -0.3 is 4.90 Å². The molecule has 0 aliphatic heterocycles. The van der Waals surface area contributed by atoms with E-state index in [1.54, 1.807) is 0 Å². The van der Waals surface area contributed by atoms with Crippen molar-refractivity contribution >= 4 is 21.8 Å². The third kappa shape index (κ3) is 3.08. The fourth-order valence-corrected chi connectivity index (χ4v) is 2.24. The van der Waals surface area contributed by atoms with Crippen LogP contribution in [0.25, 0.3) is 0 Å². The summed E-state index contributed by atoms with van der Waals surface area (Å²) in [5.74, 6) is 0.0892. The summed E-state index contributed by atoms with van der Waals surface area (Å²) in [5, 5.41) is 0. The predicted molar refractivity (Wildman–Crippen MR) is 70.6 cm³/mol. The predicted octanol–water partition coefficient (Wildman–Crippen LogP) is 3.71. The van der Waals surface area contributed by atoms with Crippen LogP contribution in [0, 0.1) is 0 Å². The van der Waals surface area contributed by atoms with Crippen molar-refractivity contribution in [3.05, 3.63) is 34.3 Å². The van der Waals surface area contributed by atoms with Crippen LogP contribution in [0.15, 0.2) is 28.7 Å². The van der Waals surface area contributed by atoms with Crippen LogP contribution in [0.4, 0.5) is 0 Å². The van der Waals surface area contributed by atoms with Crippen molar-refractivity contribution in [2.24, 2.45) is 0 Å². The second kappa shape index (κ2) is 5.48. The summed E-state index contributed by atoms with van der Waals surface area (Å²) >= 11 is 3.38. The number of halogens is 1. The number of nitrogens with zero attached hydrogens (tertiary/aromatic N) is 1. The zero-order chi connectivity index (χ0) is 12.3. The summed E-state index contributed by atoms with van der Waals surface area (Å²) < 4.78 is 0.936. The summed E-state index contributed by atoms with van der Waals surface area (Å²) in [6.45, 7) is 8.15. The van der Waals surface area contributed by atoms with Gasteiger partial charge in [-0.1, -0.05) is 22.0 Å². The molecule has 0 aromatic heterocycles. The molecule has 0 spiro atoms. The smallest absolute Gasteiger partial charge is 0.254 e. The standard InChI is InChI=1S/C13H18BrNO/c1-9(2)15(10(3)4)13(16)11-6-5-7-12(14)8-11/h5-10H,1-4H3. The third-order valence-corrected chi connectivity index (χ3v) is 2.91. The Morgan fingerprint density at radius 3 is 2.19 bits per heavy atom. The Kier molecular flexibility index (Phi) is 4.54. The highest BCUT2D eigenvalue weighted by Gasteiger charge is 2.21. The van der Waals surface area contributed by atoms with Gasteiger partial charge in [-0.25, -0.2) is 0 Å². The van der Waals surface area contributed by atoms with Crippen molar-refractivity contribution in [1.29, 1.82) is 0 Å². The fourth-order valence-electron chi connectivity index (χ4n) is 1.84. The lowest BCUT2D eigenvalue weighted by atomic mass is 10.1. The molecule has 0 fully saturated rings. The molecule has 0 saturated heterocycles. The normalized spacial score (nSPS) is 10.9. The van der Waals surface area contributed by atoms with Gasteiger partial charge in [-0.3, -0.25) is 4.79 Å². The van der Waals surface area contributed by atoms with E-state index in [2.05, 4.69) is 15.9 Å². The molecule has 0 N–H and O–H groups in total. The Morgan fingerprint density at radius 1 is 1.19 bits per heavy atom. The number of carbonyl (C=O) groups excluding carboxylic acids is 1. The molecule has 2 nitrogen and oxygen atoms in total. The minimum atomic E-state index is 0.0892. The van der Waals surface area contributed by atoms with Crippen molar-refractivity contribution in [2.45, 2.75) is 39.8 Å². The molecule has 0 heterocycles. The molecule has 0 unspecified atom stereocenters. The van der Waals surface area contributed by atoms with Gasteiger partial charge in [0.05, 0.1) is 0 Å². The quantitative estimate of drug-likeness (QED) is 0.828. The highest BCUT2D eigenvalue weighted by molar-refractivity contribution is 9.10. The maximum Gasteiger partial charge on any atom is 0.254 e. The van der Waals surface area contributed by atoms with E-state index in [1.165, 1.54) is 0 Å². The first-order valence-corrected chi connectivity index (χ1v) is 6.31. The molecule has 0 aliphatic carbocycles. The van der Waals surface area contributed by atoms with Crippen LogP contribution in [0.3, 0.4) is 0 Å².